The normalized spacial score (nSPS) is 13.1. The van der Waals surface area contributed by atoms with Crippen LogP contribution in [-0.4, -0.2) is 5.11 Å². The fourth-order valence-corrected chi connectivity index (χ4v) is 0.267. The summed E-state index contributed by atoms with van der Waals surface area (Å²) >= 11 is 0. The van der Waals surface area contributed by atoms with Gasteiger partial charge >= 0.3 is 0 Å². The summed E-state index contributed by atoms with van der Waals surface area (Å²) in [6, 6.07) is 0. The third-order valence-electron chi connectivity index (χ3n) is 0.633. The van der Waals surface area contributed by atoms with E-state index >= 15 is 0 Å². The molecule has 0 fully saturated rings. The molecule has 40 valence electrons. The second-order valence-corrected chi connectivity index (χ2v) is 1.21. The van der Waals surface area contributed by atoms with E-state index in [2.05, 4.69) is 0 Å². The summed E-state index contributed by atoms with van der Waals surface area (Å²) in [6.45, 7) is 3.65. The van der Waals surface area contributed by atoms with E-state index in [9.17, 15) is 0 Å². The summed E-state index contributed by atoms with van der Waals surface area (Å²) in [4.78, 5) is 0. The largest absolute Gasteiger partial charge is 0.508 e. The number of allylic oxidation sites excluding steroid dienone is 3. The molecular formula is C6H10O. The maximum absolute atomic E-state index is 8.63. The highest BCUT2D eigenvalue weighted by Crippen LogP contribution is 1.86. The van der Waals surface area contributed by atoms with Gasteiger partial charge in [0.15, 0.2) is 0 Å². The molecule has 1 nitrogen and oxygen atoms in total. The molecule has 0 saturated heterocycles. The van der Waals surface area contributed by atoms with Crippen molar-refractivity contribution in [2.75, 3.05) is 0 Å². The van der Waals surface area contributed by atoms with Gasteiger partial charge in [-0.2, -0.15) is 0 Å². The topological polar surface area (TPSA) is 20.2 Å². The predicted molar refractivity (Wildman–Crippen MR) is 31.2 cm³/mol. The van der Waals surface area contributed by atoms with Gasteiger partial charge in [0.05, 0.1) is 0 Å². The molecule has 1 N–H and O–H groups in total. The monoisotopic (exact) mass is 98.1 g/mol. The third-order valence-corrected chi connectivity index (χ3v) is 0.633. The number of aliphatic hydroxyl groups is 1. The molecule has 0 aliphatic rings. The van der Waals surface area contributed by atoms with Crippen molar-refractivity contribution in [1.82, 2.24) is 0 Å². The first-order chi connectivity index (χ1) is 3.31. The summed E-state index contributed by atoms with van der Waals surface area (Å²) in [5.41, 5.74) is 0. The van der Waals surface area contributed by atoms with Crippen molar-refractivity contribution < 1.29 is 5.11 Å². The average molecular weight is 98.1 g/mol. The Bertz CT molecular complexity index is 90.4. The smallest absolute Gasteiger partial charge is 0.110 e. The Morgan fingerprint density at radius 3 is 2.14 bits per heavy atom. The van der Waals surface area contributed by atoms with E-state index in [-0.39, 0.29) is 0 Å². The average Bonchev–Trinajstić information content (AvgIpc) is 1.68. The molecule has 0 aliphatic heterocycles. The van der Waals surface area contributed by atoms with E-state index in [0.29, 0.717) is 5.76 Å². The minimum Gasteiger partial charge on any atom is -0.508 e. The van der Waals surface area contributed by atoms with Gasteiger partial charge in [0.2, 0.25) is 0 Å². The van der Waals surface area contributed by atoms with Gasteiger partial charge in [-0.25, -0.2) is 0 Å². The summed E-state index contributed by atoms with van der Waals surface area (Å²) in [5, 5.41) is 8.63. The molecule has 0 atom stereocenters. The second kappa shape index (κ2) is 3.47. The summed E-state index contributed by atoms with van der Waals surface area (Å²) < 4.78 is 0. The number of aliphatic hydroxyl groups excluding tert-OH is 1. The summed E-state index contributed by atoms with van der Waals surface area (Å²) in [5.74, 6) is 0.322. The molecule has 7 heavy (non-hydrogen) atoms. The van der Waals surface area contributed by atoms with Crippen LogP contribution in [0.3, 0.4) is 0 Å². The van der Waals surface area contributed by atoms with E-state index in [1.54, 1.807) is 25.2 Å². The predicted octanol–water partition coefficient (Wildman–Crippen LogP) is 2.02. The van der Waals surface area contributed by atoms with Crippen LogP contribution in [-0.2, 0) is 0 Å². The van der Waals surface area contributed by atoms with Crippen LogP contribution in [0.5, 0.6) is 0 Å². The molecule has 0 aromatic carbocycles. The molecule has 1 heteroatoms. The zero-order valence-electron chi connectivity index (χ0n) is 4.68. The molecule has 0 spiro atoms. The molecule has 0 amide bonds. The molecule has 0 radical (unpaired) electrons. The van der Waals surface area contributed by atoms with Gasteiger partial charge in [-0.05, 0) is 26.0 Å². The highest BCUT2D eigenvalue weighted by Gasteiger charge is 1.72. The Morgan fingerprint density at radius 2 is 2.00 bits per heavy atom. The van der Waals surface area contributed by atoms with Gasteiger partial charge in [0.25, 0.3) is 0 Å². The van der Waals surface area contributed by atoms with Gasteiger partial charge in [-0.1, -0.05) is 6.08 Å². The molecule has 0 unspecified atom stereocenters. The maximum atomic E-state index is 8.63. The maximum Gasteiger partial charge on any atom is 0.110 e. The molecule has 0 aromatic heterocycles. The molecule has 0 saturated carbocycles. The van der Waals surface area contributed by atoms with E-state index in [4.69, 9.17) is 5.11 Å². The Hall–Kier alpha value is -0.720. The van der Waals surface area contributed by atoms with E-state index in [1.807, 2.05) is 6.92 Å². The lowest BCUT2D eigenvalue weighted by atomic mass is 10.4. The van der Waals surface area contributed by atoms with Crippen molar-refractivity contribution in [3.05, 3.63) is 24.0 Å². The summed E-state index contributed by atoms with van der Waals surface area (Å²) in [7, 11) is 0. The van der Waals surface area contributed by atoms with Gasteiger partial charge in [-0.15, -0.1) is 0 Å². The quantitative estimate of drug-likeness (QED) is 0.393. The Morgan fingerprint density at radius 1 is 1.43 bits per heavy atom. The van der Waals surface area contributed by atoms with E-state index < -0.39 is 0 Å². The van der Waals surface area contributed by atoms with Crippen molar-refractivity contribution in [2.24, 2.45) is 0 Å². The van der Waals surface area contributed by atoms with Crippen molar-refractivity contribution in [1.29, 1.82) is 0 Å². The Kier molecular flexibility index (Phi) is 3.11. The van der Waals surface area contributed by atoms with Crippen LogP contribution in [0.15, 0.2) is 24.0 Å². The minimum absolute atomic E-state index is 0.322. The van der Waals surface area contributed by atoms with E-state index in [1.165, 1.54) is 0 Å². The highest BCUT2D eigenvalue weighted by molar-refractivity contribution is 5.07. The Labute approximate surface area is 44.0 Å². The van der Waals surface area contributed by atoms with Gasteiger partial charge in [0.1, 0.15) is 5.76 Å². The van der Waals surface area contributed by atoms with Crippen molar-refractivity contribution in [3.63, 3.8) is 0 Å². The lowest BCUT2D eigenvalue weighted by molar-refractivity contribution is 0.431. The zero-order valence-corrected chi connectivity index (χ0v) is 4.68. The van der Waals surface area contributed by atoms with Crippen molar-refractivity contribution in [2.45, 2.75) is 13.8 Å². The van der Waals surface area contributed by atoms with Gasteiger partial charge < -0.3 is 5.11 Å². The molecular weight excluding hydrogens is 88.1 g/mol. The van der Waals surface area contributed by atoms with E-state index in [0.717, 1.165) is 0 Å². The molecule has 0 aliphatic carbocycles. The molecule has 0 bridgehead atoms. The fraction of sp³-hybridized carbons (Fsp3) is 0.333. The van der Waals surface area contributed by atoms with Crippen LogP contribution in [0.4, 0.5) is 0 Å². The third kappa shape index (κ3) is 3.10. The van der Waals surface area contributed by atoms with Gasteiger partial charge in [0, 0.05) is 0 Å². The van der Waals surface area contributed by atoms with Crippen molar-refractivity contribution in [3.8, 4) is 0 Å². The second-order valence-electron chi connectivity index (χ2n) is 1.21. The van der Waals surface area contributed by atoms with Crippen LogP contribution in [0.1, 0.15) is 13.8 Å². The lowest BCUT2D eigenvalue weighted by Crippen LogP contribution is -1.67. The van der Waals surface area contributed by atoms with Crippen molar-refractivity contribution >= 4 is 0 Å². The fourth-order valence-electron chi connectivity index (χ4n) is 0.267. The number of hydrogen-bond acceptors (Lipinski definition) is 1. The first kappa shape index (κ1) is 6.28. The van der Waals surface area contributed by atoms with Crippen LogP contribution in [0, 0.1) is 0 Å². The standard InChI is InChI=1S/C6H10O/c1-3-5-6(7)4-2/h3-5,7H,1-2H3/b5-3+,6-4-. The molecule has 0 aromatic rings. The van der Waals surface area contributed by atoms with Crippen LogP contribution in [0.2, 0.25) is 0 Å². The van der Waals surface area contributed by atoms with Crippen LogP contribution >= 0.6 is 0 Å². The lowest BCUT2D eigenvalue weighted by Gasteiger charge is -1.81. The minimum atomic E-state index is 0.322. The summed E-state index contributed by atoms with van der Waals surface area (Å²) in [6.07, 6.45) is 5.06. The SMILES string of the molecule is C/C=C(O)/C=C/C. The highest BCUT2D eigenvalue weighted by atomic mass is 16.3. The first-order valence-corrected chi connectivity index (χ1v) is 2.29. The molecule has 0 heterocycles. The Balaban J connectivity index is 3.58. The van der Waals surface area contributed by atoms with Crippen LogP contribution in [0.25, 0.3) is 0 Å². The zero-order chi connectivity index (χ0) is 5.70. The number of hydrogen-bond donors (Lipinski definition) is 1. The first-order valence-electron chi connectivity index (χ1n) is 2.29. The van der Waals surface area contributed by atoms with Gasteiger partial charge in [-0.3, -0.25) is 0 Å². The number of rotatable bonds is 1. The molecule has 0 rings (SSSR count). The van der Waals surface area contributed by atoms with Crippen LogP contribution < -0.4 is 0 Å².